The minimum atomic E-state index is -3.82. The van der Waals surface area contributed by atoms with Gasteiger partial charge >= 0.3 is 0 Å². The molecule has 11 heteroatoms. The summed E-state index contributed by atoms with van der Waals surface area (Å²) in [5.74, 6) is -0.970. The summed E-state index contributed by atoms with van der Waals surface area (Å²) in [6, 6.07) is 10.3. The molecule has 0 heterocycles. The number of benzene rings is 2. The number of hydrogen-bond acceptors (Lipinski definition) is 5. The first-order valence-corrected chi connectivity index (χ1v) is 12.2. The number of anilines is 1. The molecule has 1 N–H and O–H groups in total. The van der Waals surface area contributed by atoms with Crippen LogP contribution >= 0.6 is 0 Å². The summed E-state index contributed by atoms with van der Waals surface area (Å²) in [5, 5.41) is 2.67. The van der Waals surface area contributed by atoms with E-state index in [1.54, 1.807) is 6.92 Å². The summed E-state index contributed by atoms with van der Waals surface area (Å²) in [6.07, 6.45) is 0.953. The Labute approximate surface area is 176 Å². The summed E-state index contributed by atoms with van der Waals surface area (Å²) in [6.45, 7) is 1.20. The van der Waals surface area contributed by atoms with E-state index in [1.165, 1.54) is 62.6 Å². The lowest BCUT2D eigenvalue weighted by Crippen LogP contribution is -2.41. The van der Waals surface area contributed by atoms with Crippen molar-refractivity contribution in [2.75, 3.05) is 31.2 Å². The van der Waals surface area contributed by atoms with E-state index >= 15 is 0 Å². The first-order valence-electron chi connectivity index (χ1n) is 8.87. The Morgan fingerprint density at radius 1 is 1.00 bits per heavy atom. The Kier molecular flexibility index (Phi) is 7.22. The molecule has 0 aromatic heterocycles. The zero-order chi connectivity index (χ0) is 22.7. The van der Waals surface area contributed by atoms with Gasteiger partial charge in [0.1, 0.15) is 12.4 Å². The number of sulfonamides is 2. The Morgan fingerprint density at radius 2 is 1.53 bits per heavy atom. The van der Waals surface area contributed by atoms with Crippen LogP contribution in [0.1, 0.15) is 18.5 Å². The van der Waals surface area contributed by atoms with Gasteiger partial charge < -0.3 is 5.32 Å². The second kappa shape index (κ2) is 9.11. The fourth-order valence-electron chi connectivity index (χ4n) is 2.65. The molecule has 0 saturated carbocycles. The largest absolute Gasteiger partial charge is 0.348 e. The summed E-state index contributed by atoms with van der Waals surface area (Å²) >= 11 is 0. The van der Waals surface area contributed by atoms with Crippen LogP contribution in [0.5, 0.6) is 0 Å². The van der Waals surface area contributed by atoms with Crippen LogP contribution in [0.15, 0.2) is 53.4 Å². The lowest BCUT2D eigenvalue weighted by atomic mass is 10.1. The van der Waals surface area contributed by atoms with Gasteiger partial charge in [0.2, 0.25) is 26.0 Å². The molecule has 8 nitrogen and oxygen atoms in total. The first-order chi connectivity index (χ1) is 13.8. The van der Waals surface area contributed by atoms with Gasteiger partial charge in [0, 0.05) is 14.1 Å². The van der Waals surface area contributed by atoms with Crippen molar-refractivity contribution in [3.63, 3.8) is 0 Å². The third kappa shape index (κ3) is 5.77. The number of carbonyl (C=O) groups is 1. The van der Waals surface area contributed by atoms with Crippen LogP contribution in [0.4, 0.5) is 10.1 Å². The molecule has 0 bridgehead atoms. The van der Waals surface area contributed by atoms with E-state index in [2.05, 4.69) is 5.32 Å². The van der Waals surface area contributed by atoms with Crippen LogP contribution in [0.3, 0.4) is 0 Å². The normalized spacial score (nSPS) is 13.1. The molecule has 30 heavy (non-hydrogen) atoms. The van der Waals surface area contributed by atoms with Gasteiger partial charge in [0.15, 0.2) is 0 Å². The minimum absolute atomic E-state index is 0.000848. The third-order valence-electron chi connectivity index (χ3n) is 4.34. The van der Waals surface area contributed by atoms with E-state index in [0.29, 0.717) is 5.56 Å². The van der Waals surface area contributed by atoms with E-state index in [1.807, 2.05) is 0 Å². The van der Waals surface area contributed by atoms with Gasteiger partial charge in [-0.05, 0) is 48.9 Å². The van der Waals surface area contributed by atoms with Gasteiger partial charge in [-0.2, -0.15) is 0 Å². The van der Waals surface area contributed by atoms with E-state index in [4.69, 9.17) is 0 Å². The Balaban J connectivity index is 2.20. The summed E-state index contributed by atoms with van der Waals surface area (Å²) in [7, 11) is -4.71. The highest BCUT2D eigenvalue weighted by atomic mass is 32.2. The third-order valence-corrected chi connectivity index (χ3v) is 7.31. The Bertz CT molecular complexity index is 1100. The Hall–Kier alpha value is -2.50. The molecule has 1 unspecified atom stereocenters. The van der Waals surface area contributed by atoms with Crippen LogP contribution in [0.25, 0.3) is 0 Å². The number of carbonyl (C=O) groups excluding carboxylic acids is 1. The molecule has 0 spiro atoms. The van der Waals surface area contributed by atoms with Crippen molar-refractivity contribution in [1.82, 2.24) is 9.62 Å². The van der Waals surface area contributed by atoms with Gasteiger partial charge in [-0.1, -0.05) is 12.1 Å². The SMILES string of the molecule is CC(NC(=O)CN(c1ccc(S(=O)(=O)N(C)C)cc1)S(C)(=O)=O)c1ccc(F)cc1. The minimum Gasteiger partial charge on any atom is -0.348 e. The van der Waals surface area contributed by atoms with Crippen molar-refractivity contribution in [2.24, 2.45) is 0 Å². The fraction of sp³-hybridized carbons (Fsp3) is 0.316. The molecule has 0 aliphatic rings. The second-order valence-corrected chi connectivity index (χ2v) is 11.0. The van der Waals surface area contributed by atoms with Gasteiger partial charge in [-0.15, -0.1) is 0 Å². The fourth-order valence-corrected chi connectivity index (χ4v) is 4.41. The molecule has 0 aliphatic heterocycles. The van der Waals surface area contributed by atoms with Crippen LogP contribution in [-0.4, -0.2) is 53.9 Å². The van der Waals surface area contributed by atoms with E-state index in [0.717, 1.165) is 14.9 Å². The monoisotopic (exact) mass is 457 g/mol. The topological polar surface area (TPSA) is 104 Å². The van der Waals surface area contributed by atoms with E-state index in [-0.39, 0.29) is 10.6 Å². The van der Waals surface area contributed by atoms with Crippen molar-refractivity contribution < 1.29 is 26.0 Å². The number of amides is 1. The molecule has 0 radical (unpaired) electrons. The van der Waals surface area contributed by atoms with Gasteiger partial charge in [0.05, 0.1) is 22.9 Å². The van der Waals surface area contributed by atoms with Gasteiger partial charge in [-0.3, -0.25) is 9.10 Å². The predicted octanol–water partition coefficient (Wildman–Crippen LogP) is 1.72. The van der Waals surface area contributed by atoms with Crippen molar-refractivity contribution in [2.45, 2.75) is 17.9 Å². The maximum atomic E-state index is 13.0. The molecule has 2 rings (SSSR count). The highest BCUT2D eigenvalue weighted by molar-refractivity contribution is 7.92. The van der Waals surface area contributed by atoms with Crippen molar-refractivity contribution in [3.8, 4) is 0 Å². The van der Waals surface area contributed by atoms with E-state index < -0.39 is 44.4 Å². The summed E-state index contributed by atoms with van der Waals surface area (Å²) in [4.78, 5) is 12.4. The molecular formula is C19H24FN3O5S2. The van der Waals surface area contributed by atoms with Crippen molar-refractivity contribution in [1.29, 1.82) is 0 Å². The smallest absolute Gasteiger partial charge is 0.242 e. The van der Waals surface area contributed by atoms with Crippen molar-refractivity contribution >= 4 is 31.6 Å². The molecule has 164 valence electrons. The summed E-state index contributed by atoms with van der Waals surface area (Å²) in [5.41, 5.74) is 0.814. The number of nitrogens with one attached hydrogen (secondary N) is 1. The number of nitrogens with zero attached hydrogens (tertiary/aromatic N) is 2. The molecule has 1 amide bonds. The molecular weight excluding hydrogens is 433 g/mol. The second-order valence-electron chi connectivity index (χ2n) is 6.89. The van der Waals surface area contributed by atoms with Crippen molar-refractivity contribution in [3.05, 3.63) is 59.9 Å². The van der Waals surface area contributed by atoms with Crippen LogP contribution < -0.4 is 9.62 Å². The standard InChI is InChI=1S/C19H24FN3O5S2/c1-14(15-5-7-16(20)8-6-15)21-19(24)13-23(29(4,25)26)17-9-11-18(12-10-17)30(27,28)22(2)3/h5-12,14H,13H2,1-4H3,(H,21,24). The average molecular weight is 458 g/mol. The van der Waals surface area contributed by atoms with Gasteiger partial charge in [-0.25, -0.2) is 25.5 Å². The molecule has 0 fully saturated rings. The predicted molar refractivity (Wildman–Crippen MR) is 112 cm³/mol. The maximum Gasteiger partial charge on any atom is 0.242 e. The maximum absolute atomic E-state index is 13.0. The molecule has 0 aliphatic carbocycles. The van der Waals surface area contributed by atoms with Crippen LogP contribution in [0, 0.1) is 5.82 Å². The van der Waals surface area contributed by atoms with E-state index in [9.17, 15) is 26.0 Å². The number of rotatable bonds is 8. The molecule has 2 aromatic rings. The van der Waals surface area contributed by atoms with Gasteiger partial charge in [0.25, 0.3) is 0 Å². The number of hydrogen-bond donors (Lipinski definition) is 1. The van der Waals surface area contributed by atoms with Crippen LogP contribution in [-0.2, 0) is 24.8 Å². The average Bonchev–Trinajstić information content (AvgIpc) is 2.65. The molecule has 0 saturated heterocycles. The number of halogens is 1. The first kappa shape index (κ1) is 23.8. The molecule has 2 aromatic carbocycles. The van der Waals surface area contributed by atoms with Crippen LogP contribution in [0.2, 0.25) is 0 Å². The Morgan fingerprint density at radius 3 is 2.00 bits per heavy atom. The quantitative estimate of drug-likeness (QED) is 0.650. The lowest BCUT2D eigenvalue weighted by molar-refractivity contribution is -0.120. The zero-order valence-corrected chi connectivity index (χ0v) is 18.7. The highest BCUT2D eigenvalue weighted by Gasteiger charge is 2.23. The zero-order valence-electron chi connectivity index (χ0n) is 17.0. The lowest BCUT2D eigenvalue weighted by Gasteiger charge is -2.23. The highest BCUT2D eigenvalue weighted by Crippen LogP contribution is 2.22. The summed E-state index contributed by atoms with van der Waals surface area (Å²) < 4.78 is 63.8. The molecule has 1 atom stereocenters.